The van der Waals surface area contributed by atoms with Crippen LogP contribution in [0, 0.1) is 0 Å². The smallest absolute Gasteiger partial charge is 0.224 e. The summed E-state index contributed by atoms with van der Waals surface area (Å²) >= 11 is 0. The van der Waals surface area contributed by atoms with Crippen LogP contribution < -0.4 is 5.32 Å². The highest BCUT2D eigenvalue weighted by Gasteiger charge is 2.26. The molecule has 0 aliphatic heterocycles. The van der Waals surface area contributed by atoms with Crippen molar-refractivity contribution in [3.63, 3.8) is 0 Å². The first-order valence-corrected chi connectivity index (χ1v) is 8.34. The molecule has 3 heteroatoms. The molecule has 0 saturated heterocycles. The van der Waals surface area contributed by atoms with Gasteiger partial charge >= 0.3 is 0 Å². The average Bonchev–Trinajstić information content (AvgIpc) is 2.94. The number of benzene rings is 3. The largest absolute Gasteiger partial charge is 0.326 e. The van der Waals surface area contributed by atoms with E-state index in [4.69, 9.17) is 0 Å². The van der Waals surface area contributed by atoms with E-state index in [1.54, 1.807) is 6.07 Å². The van der Waals surface area contributed by atoms with E-state index in [0.717, 1.165) is 22.3 Å². The molecule has 1 amide bonds. The summed E-state index contributed by atoms with van der Waals surface area (Å²) in [7, 11) is 0. The zero-order valence-electron chi connectivity index (χ0n) is 13.7. The van der Waals surface area contributed by atoms with Crippen LogP contribution in [0.2, 0.25) is 0 Å². The average molecular weight is 327 g/mol. The SMILES string of the molecule is O=C(CCc1ccccc1)Nc1ccc2c(c1)C(=O)c1ccccc1-2. The molecule has 0 bridgehead atoms. The van der Waals surface area contributed by atoms with Crippen LogP contribution in [0.4, 0.5) is 5.69 Å². The Balaban J connectivity index is 1.48. The first kappa shape index (κ1) is 15.3. The van der Waals surface area contributed by atoms with Gasteiger partial charge in [0.05, 0.1) is 0 Å². The van der Waals surface area contributed by atoms with Gasteiger partial charge < -0.3 is 5.32 Å². The minimum Gasteiger partial charge on any atom is -0.326 e. The molecule has 3 aromatic rings. The maximum Gasteiger partial charge on any atom is 0.224 e. The van der Waals surface area contributed by atoms with Gasteiger partial charge in [-0.3, -0.25) is 9.59 Å². The maximum absolute atomic E-state index is 12.5. The lowest BCUT2D eigenvalue weighted by molar-refractivity contribution is -0.116. The molecule has 0 spiro atoms. The highest BCUT2D eigenvalue weighted by Crippen LogP contribution is 2.37. The van der Waals surface area contributed by atoms with Crippen LogP contribution in [0.3, 0.4) is 0 Å². The van der Waals surface area contributed by atoms with E-state index in [9.17, 15) is 9.59 Å². The zero-order valence-corrected chi connectivity index (χ0v) is 13.7. The summed E-state index contributed by atoms with van der Waals surface area (Å²) in [6.45, 7) is 0. The number of hydrogen-bond donors (Lipinski definition) is 1. The standard InChI is InChI=1S/C22H17NO2/c24-21(13-10-15-6-2-1-3-7-15)23-16-11-12-18-17-8-4-5-9-19(17)22(25)20(18)14-16/h1-9,11-12,14H,10,13H2,(H,23,24). The second-order valence-corrected chi connectivity index (χ2v) is 6.17. The normalized spacial score (nSPS) is 11.8. The van der Waals surface area contributed by atoms with Gasteiger partial charge in [0.2, 0.25) is 5.91 Å². The fourth-order valence-electron chi connectivity index (χ4n) is 3.23. The fourth-order valence-corrected chi connectivity index (χ4v) is 3.23. The number of anilines is 1. The Kier molecular flexibility index (Phi) is 3.90. The Morgan fingerprint density at radius 1 is 0.760 bits per heavy atom. The minimum atomic E-state index is -0.0493. The summed E-state index contributed by atoms with van der Waals surface area (Å²) in [5.74, 6) is -0.0299. The lowest BCUT2D eigenvalue weighted by Crippen LogP contribution is -2.12. The van der Waals surface area contributed by atoms with Crippen LogP contribution in [-0.4, -0.2) is 11.7 Å². The van der Waals surface area contributed by atoms with E-state index in [1.165, 1.54) is 0 Å². The van der Waals surface area contributed by atoms with Crippen molar-refractivity contribution in [3.8, 4) is 11.1 Å². The van der Waals surface area contributed by atoms with Crippen LogP contribution in [0.15, 0.2) is 72.8 Å². The summed E-state index contributed by atoms with van der Waals surface area (Å²) < 4.78 is 0. The van der Waals surface area contributed by atoms with Crippen molar-refractivity contribution >= 4 is 17.4 Å². The van der Waals surface area contributed by atoms with Crippen molar-refractivity contribution in [3.05, 3.63) is 89.5 Å². The van der Waals surface area contributed by atoms with Gasteiger partial charge in [-0.2, -0.15) is 0 Å². The summed E-state index contributed by atoms with van der Waals surface area (Å²) in [6, 6.07) is 23.1. The molecule has 0 saturated carbocycles. The van der Waals surface area contributed by atoms with Crippen molar-refractivity contribution in [2.75, 3.05) is 5.32 Å². The van der Waals surface area contributed by atoms with E-state index >= 15 is 0 Å². The van der Waals surface area contributed by atoms with Gasteiger partial charge in [0, 0.05) is 23.2 Å². The molecule has 4 rings (SSSR count). The number of nitrogens with one attached hydrogen (secondary N) is 1. The number of carbonyl (C=O) groups is 2. The number of carbonyl (C=O) groups excluding carboxylic acids is 2. The molecule has 0 radical (unpaired) electrons. The topological polar surface area (TPSA) is 46.2 Å². The second-order valence-electron chi connectivity index (χ2n) is 6.17. The maximum atomic E-state index is 12.5. The van der Waals surface area contributed by atoms with Gasteiger partial charge in [-0.15, -0.1) is 0 Å². The molecule has 3 aromatic carbocycles. The van der Waals surface area contributed by atoms with E-state index in [-0.39, 0.29) is 11.7 Å². The summed E-state index contributed by atoms with van der Waals surface area (Å²) in [5.41, 5.74) is 5.08. The predicted octanol–water partition coefficient (Wildman–Crippen LogP) is 4.47. The van der Waals surface area contributed by atoms with Crippen LogP contribution >= 0.6 is 0 Å². The molecule has 1 aliphatic carbocycles. The van der Waals surface area contributed by atoms with E-state index in [0.29, 0.717) is 24.1 Å². The molecular formula is C22H17NO2. The van der Waals surface area contributed by atoms with Crippen molar-refractivity contribution in [1.29, 1.82) is 0 Å². The molecule has 0 heterocycles. The molecule has 0 unspecified atom stereocenters. The van der Waals surface area contributed by atoms with Gasteiger partial charge in [-0.05, 0) is 35.2 Å². The van der Waals surface area contributed by atoms with Gasteiger partial charge in [0.25, 0.3) is 0 Å². The molecule has 1 N–H and O–H groups in total. The first-order valence-electron chi connectivity index (χ1n) is 8.34. The second kappa shape index (κ2) is 6.36. The van der Waals surface area contributed by atoms with E-state index in [2.05, 4.69) is 5.32 Å². The molecule has 1 aliphatic rings. The van der Waals surface area contributed by atoms with Crippen molar-refractivity contribution < 1.29 is 9.59 Å². The molecule has 0 atom stereocenters. The third-order valence-corrected chi connectivity index (χ3v) is 4.49. The van der Waals surface area contributed by atoms with E-state index in [1.807, 2.05) is 66.7 Å². The van der Waals surface area contributed by atoms with Crippen LogP contribution in [0.1, 0.15) is 27.9 Å². The molecule has 25 heavy (non-hydrogen) atoms. The van der Waals surface area contributed by atoms with Crippen molar-refractivity contribution in [2.24, 2.45) is 0 Å². The van der Waals surface area contributed by atoms with Gasteiger partial charge in [-0.25, -0.2) is 0 Å². The fraction of sp³-hybridized carbons (Fsp3) is 0.0909. The lowest BCUT2D eigenvalue weighted by Gasteiger charge is -2.07. The monoisotopic (exact) mass is 327 g/mol. The molecule has 122 valence electrons. The Bertz CT molecular complexity index is 961. The predicted molar refractivity (Wildman–Crippen MR) is 98.7 cm³/mol. The first-order chi connectivity index (χ1) is 12.2. The Hall–Kier alpha value is -3.20. The zero-order chi connectivity index (χ0) is 17.2. The molecular weight excluding hydrogens is 310 g/mol. The quantitative estimate of drug-likeness (QED) is 0.601. The Morgan fingerprint density at radius 2 is 1.44 bits per heavy atom. The van der Waals surface area contributed by atoms with Crippen LogP contribution in [0.5, 0.6) is 0 Å². The Morgan fingerprint density at radius 3 is 2.24 bits per heavy atom. The number of fused-ring (bicyclic) bond motifs is 3. The van der Waals surface area contributed by atoms with Crippen molar-refractivity contribution in [2.45, 2.75) is 12.8 Å². The third-order valence-electron chi connectivity index (χ3n) is 4.49. The van der Waals surface area contributed by atoms with Crippen molar-refractivity contribution in [1.82, 2.24) is 0 Å². The van der Waals surface area contributed by atoms with Gasteiger partial charge in [0.15, 0.2) is 5.78 Å². The number of hydrogen-bond acceptors (Lipinski definition) is 2. The summed E-state index contributed by atoms with van der Waals surface area (Å²) in [4.78, 5) is 24.7. The van der Waals surface area contributed by atoms with Crippen LogP contribution in [0.25, 0.3) is 11.1 Å². The number of ketones is 1. The lowest BCUT2D eigenvalue weighted by atomic mass is 10.1. The minimum absolute atomic E-state index is 0.0194. The van der Waals surface area contributed by atoms with Gasteiger partial charge in [0.1, 0.15) is 0 Å². The summed E-state index contributed by atoms with van der Waals surface area (Å²) in [6.07, 6.45) is 1.11. The summed E-state index contributed by atoms with van der Waals surface area (Å²) in [5, 5.41) is 2.90. The molecule has 3 nitrogen and oxygen atoms in total. The number of rotatable bonds is 4. The highest BCUT2D eigenvalue weighted by atomic mass is 16.1. The highest BCUT2D eigenvalue weighted by molar-refractivity contribution is 6.22. The molecule has 0 aromatic heterocycles. The number of aryl methyl sites for hydroxylation is 1. The Labute approximate surface area is 146 Å². The van der Waals surface area contributed by atoms with Gasteiger partial charge in [-0.1, -0.05) is 60.7 Å². The van der Waals surface area contributed by atoms with E-state index < -0.39 is 0 Å². The van der Waals surface area contributed by atoms with Crippen LogP contribution in [-0.2, 0) is 11.2 Å². The molecule has 0 fully saturated rings. The number of amides is 1. The third kappa shape index (κ3) is 2.96.